The lowest BCUT2D eigenvalue weighted by molar-refractivity contribution is 0.172. The van der Waals surface area contributed by atoms with E-state index in [0.29, 0.717) is 6.04 Å². The van der Waals surface area contributed by atoms with Gasteiger partial charge in [0.05, 0.1) is 18.8 Å². The molecule has 0 bridgehead atoms. The molecule has 150 valence electrons. The van der Waals surface area contributed by atoms with E-state index >= 15 is 0 Å². The van der Waals surface area contributed by atoms with Crippen LogP contribution < -0.4 is 14.8 Å². The predicted octanol–water partition coefficient (Wildman–Crippen LogP) is 4.98. The van der Waals surface area contributed by atoms with E-state index in [1.54, 1.807) is 7.11 Å². The third-order valence-corrected chi connectivity index (χ3v) is 6.72. The Kier molecular flexibility index (Phi) is 6.43. The molecule has 5 heteroatoms. The standard InChI is InChI=1S/C23H29BrN2O2/c1-27-20-6-7-21(24)18(15-20)14-17-8-11-26(12-9-17)13-10-19-16-28-23-5-3-2-4-22(23)25-19/h2-7,15,17,19,25H,8-14,16H2,1H3. The van der Waals surface area contributed by atoms with Crippen molar-refractivity contribution >= 4 is 21.6 Å². The summed E-state index contributed by atoms with van der Waals surface area (Å²) in [6.45, 7) is 4.28. The van der Waals surface area contributed by atoms with Crippen molar-refractivity contribution in [1.82, 2.24) is 4.90 Å². The van der Waals surface area contributed by atoms with Gasteiger partial charge < -0.3 is 19.7 Å². The fourth-order valence-corrected chi connectivity index (χ4v) is 4.63. The van der Waals surface area contributed by atoms with Crippen molar-refractivity contribution in [3.8, 4) is 11.5 Å². The first-order chi connectivity index (χ1) is 13.7. The smallest absolute Gasteiger partial charge is 0.142 e. The molecule has 2 aromatic rings. The van der Waals surface area contributed by atoms with Gasteiger partial charge in [0.2, 0.25) is 0 Å². The molecule has 28 heavy (non-hydrogen) atoms. The first-order valence-corrected chi connectivity index (χ1v) is 11.0. The van der Waals surface area contributed by atoms with Crippen molar-refractivity contribution in [2.75, 3.05) is 38.7 Å². The monoisotopic (exact) mass is 444 g/mol. The van der Waals surface area contributed by atoms with Gasteiger partial charge in [-0.2, -0.15) is 0 Å². The third kappa shape index (κ3) is 4.81. The van der Waals surface area contributed by atoms with Gasteiger partial charge in [-0.1, -0.05) is 28.1 Å². The summed E-state index contributed by atoms with van der Waals surface area (Å²) in [4.78, 5) is 2.61. The Morgan fingerprint density at radius 1 is 1.18 bits per heavy atom. The van der Waals surface area contributed by atoms with Gasteiger partial charge in [-0.05, 0) is 80.6 Å². The number of nitrogens with zero attached hydrogens (tertiary/aromatic N) is 1. The summed E-state index contributed by atoms with van der Waals surface area (Å²) < 4.78 is 12.5. The number of piperidine rings is 1. The molecule has 2 aliphatic heterocycles. The van der Waals surface area contributed by atoms with Crippen LogP contribution in [0.1, 0.15) is 24.8 Å². The van der Waals surface area contributed by atoms with Gasteiger partial charge in [0.15, 0.2) is 0 Å². The van der Waals surface area contributed by atoms with E-state index in [0.717, 1.165) is 49.1 Å². The number of methoxy groups -OCH3 is 1. The minimum atomic E-state index is 0.403. The van der Waals surface area contributed by atoms with E-state index in [9.17, 15) is 0 Å². The fraction of sp³-hybridized carbons (Fsp3) is 0.478. The summed E-state index contributed by atoms with van der Waals surface area (Å²) in [6.07, 6.45) is 4.78. The van der Waals surface area contributed by atoms with Crippen LogP contribution in [-0.2, 0) is 6.42 Å². The van der Waals surface area contributed by atoms with Crippen LogP contribution in [0.4, 0.5) is 5.69 Å². The lowest BCUT2D eigenvalue weighted by Crippen LogP contribution is -2.39. The maximum absolute atomic E-state index is 5.89. The van der Waals surface area contributed by atoms with Crippen LogP contribution in [0.2, 0.25) is 0 Å². The maximum Gasteiger partial charge on any atom is 0.142 e. The molecular weight excluding hydrogens is 416 g/mol. The quantitative estimate of drug-likeness (QED) is 0.681. The number of nitrogens with one attached hydrogen (secondary N) is 1. The Morgan fingerprint density at radius 3 is 2.82 bits per heavy atom. The van der Waals surface area contributed by atoms with Crippen molar-refractivity contribution in [3.05, 3.63) is 52.5 Å². The van der Waals surface area contributed by atoms with Gasteiger partial charge in [0.25, 0.3) is 0 Å². The molecule has 0 amide bonds. The van der Waals surface area contributed by atoms with Crippen LogP contribution in [0.3, 0.4) is 0 Å². The van der Waals surface area contributed by atoms with Crippen molar-refractivity contribution in [2.24, 2.45) is 5.92 Å². The van der Waals surface area contributed by atoms with Crippen LogP contribution in [0, 0.1) is 5.92 Å². The van der Waals surface area contributed by atoms with Gasteiger partial charge in [-0.15, -0.1) is 0 Å². The molecule has 0 saturated carbocycles. The number of para-hydroxylation sites is 2. The second-order valence-electron chi connectivity index (χ2n) is 7.88. The SMILES string of the molecule is COc1ccc(Br)c(CC2CCN(CCC3COc4ccccc4N3)CC2)c1. The second kappa shape index (κ2) is 9.19. The largest absolute Gasteiger partial charge is 0.497 e. The molecule has 0 radical (unpaired) electrons. The van der Waals surface area contributed by atoms with Gasteiger partial charge >= 0.3 is 0 Å². The maximum atomic E-state index is 5.89. The average Bonchev–Trinajstić information content (AvgIpc) is 2.74. The summed E-state index contributed by atoms with van der Waals surface area (Å²) in [5.74, 6) is 2.67. The number of hydrogen-bond acceptors (Lipinski definition) is 4. The molecule has 0 spiro atoms. The van der Waals surface area contributed by atoms with Gasteiger partial charge in [-0.3, -0.25) is 0 Å². The summed E-state index contributed by atoms with van der Waals surface area (Å²) in [5, 5.41) is 3.63. The zero-order valence-corrected chi connectivity index (χ0v) is 18.1. The number of rotatable bonds is 6. The van der Waals surface area contributed by atoms with Crippen molar-refractivity contribution in [1.29, 1.82) is 0 Å². The molecule has 1 atom stereocenters. The van der Waals surface area contributed by atoms with E-state index in [-0.39, 0.29) is 0 Å². The Bertz CT molecular complexity index is 790. The highest BCUT2D eigenvalue weighted by Crippen LogP contribution is 2.30. The summed E-state index contributed by atoms with van der Waals surface area (Å²) in [7, 11) is 1.73. The Hall–Kier alpha value is -1.72. The van der Waals surface area contributed by atoms with Crippen LogP contribution in [0.15, 0.2) is 46.9 Å². The average molecular weight is 445 g/mol. The summed E-state index contributed by atoms with van der Waals surface area (Å²) in [5.41, 5.74) is 2.49. The molecule has 0 aromatic heterocycles. The fourth-order valence-electron chi connectivity index (χ4n) is 4.22. The highest BCUT2D eigenvalue weighted by atomic mass is 79.9. The van der Waals surface area contributed by atoms with Crippen LogP contribution >= 0.6 is 15.9 Å². The molecular formula is C23H29BrN2O2. The van der Waals surface area contributed by atoms with Crippen LogP contribution in [0.25, 0.3) is 0 Å². The topological polar surface area (TPSA) is 33.7 Å². The number of benzene rings is 2. The van der Waals surface area contributed by atoms with Crippen molar-refractivity contribution in [3.63, 3.8) is 0 Å². The molecule has 1 unspecified atom stereocenters. The van der Waals surface area contributed by atoms with E-state index < -0.39 is 0 Å². The Labute approximate surface area is 176 Å². The first-order valence-electron chi connectivity index (χ1n) is 10.2. The Morgan fingerprint density at radius 2 is 2.00 bits per heavy atom. The van der Waals surface area contributed by atoms with Crippen LogP contribution in [-0.4, -0.2) is 44.3 Å². The molecule has 1 saturated heterocycles. The van der Waals surface area contributed by atoms with E-state index in [1.165, 1.54) is 36.0 Å². The second-order valence-corrected chi connectivity index (χ2v) is 8.74. The molecule has 4 nitrogen and oxygen atoms in total. The molecule has 1 fully saturated rings. The lowest BCUT2D eigenvalue weighted by Gasteiger charge is -2.34. The van der Waals surface area contributed by atoms with Crippen molar-refractivity contribution in [2.45, 2.75) is 31.7 Å². The first kappa shape index (κ1) is 19.6. The molecule has 2 heterocycles. The third-order valence-electron chi connectivity index (χ3n) is 5.95. The summed E-state index contributed by atoms with van der Waals surface area (Å²) in [6, 6.07) is 14.9. The minimum absolute atomic E-state index is 0.403. The zero-order chi connectivity index (χ0) is 19.3. The molecule has 1 N–H and O–H groups in total. The van der Waals surface area contributed by atoms with E-state index in [1.807, 2.05) is 18.2 Å². The lowest BCUT2D eigenvalue weighted by atomic mass is 9.90. The zero-order valence-electron chi connectivity index (χ0n) is 16.5. The highest BCUT2D eigenvalue weighted by molar-refractivity contribution is 9.10. The predicted molar refractivity (Wildman–Crippen MR) is 118 cm³/mol. The van der Waals surface area contributed by atoms with Crippen molar-refractivity contribution < 1.29 is 9.47 Å². The van der Waals surface area contributed by atoms with E-state index in [2.05, 4.69) is 50.4 Å². The van der Waals surface area contributed by atoms with E-state index in [4.69, 9.17) is 9.47 Å². The highest BCUT2D eigenvalue weighted by Gasteiger charge is 2.23. The van der Waals surface area contributed by atoms with Gasteiger partial charge in [0.1, 0.15) is 18.1 Å². The number of hydrogen-bond donors (Lipinski definition) is 1. The Balaban J connectivity index is 1.22. The number of fused-ring (bicyclic) bond motifs is 1. The number of halogens is 1. The molecule has 0 aliphatic carbocycles. The number of likely N-dealkylation sites (tertiary alicyclic amines) is 1. The molecule has 4 rings (SSSR count). The minimum Gasteiger partial charge on any atom is -0.497 e. The van der Waals surface area contributed by atoms with Gasteiger partial charge in [0, 0.05) is 11.0 Å². The molecule has 2 aromatic carbocycles. The number of anilines is 1. The van der Waals surface area contributed by atoms with Crippen LogP contribution in [0.5, 0.6) is 11.5 Å². The summed E-state index contributed by atoms with van der Waals surface area (Å²) >= 11 is 3.69. The van der Waals surface area contributed by atoms with Gasteiger partial charge in [-0.25, -0.2) is 0 Å². The molecule has 2 aliphatic rings. The normalized spacial score (nSPS) is 20.1. The number of ether oxygens (including phenoxy) is 2.